The summed E-state index contributed by atoms with van der Waals surface area (Å²) in [5.41, 5.74) is 1.23. The van der Waals surface area contributed by atoms with E-state index in [1.165, 1.54) is 39.4 Å². The highest BCUT2D eigenvalue weighted by Gasteiger charge is 2.36. The van der Waals surface area contributed by atoms with E-state index in [2.05, 4.69) is 20.4 Å². The molecule has 3 heterocycles. The largest absolute Gasteiger partial charge is 0.451 e. The van der Waals surface area contributed by atoms with Gasteiger partial charge in [0.05, 0.1) is 36.2 Å². The second-order valence-electron chi connectivity index (χ2n) is 8.08. The number of anilines is 2. The van der Waals surface area contributed by atoms with Gasteiger partial charge in [-0.2, -0.15) is 22.6 Å². The zero-order valence-electron chi connectivity index (χ0n) is 18.8. The molecule has 36 heavy (non-hydrogen) atoms. The fraction of sp³-hybridized carbons (Fsp3) is 0.261. The van der Waals surface area contributed by atoms with Gasteiger partial charge in [0, 0.05) is 18.8 Å². The molecule has 1 aliphatic heterocycles. The number of aromatic nitrogens is 4. The van der Waals surface area contributed by atoms with Crippen LogP contribution in [0.1, 0.15) is 11.4 Å². The standard InChI is InChI=1S/C23H21F3N6O3S/c24-23(25,26)22-29-20(19-14-27-32(21(19)30-22)15-16-4-2-1-3-5-16)28-17-6-8-18(9-7-17)36(33,34)31-10-12-35-13-11-31/h1-9,14H,10-13,15H2,(H,28,29,30). The van der Waals surface area contributed by atoms with E-state index in [4.69, 9.17) is 4.74 Å². The van der Waals surface area contributed by atoms with Crippen LogP contribution in [-0.4, -0.2) is 58.8 Å². The van der Waals surface area contributed by atoms with Crippen LogP contribution in [0.2, 0.25) is 0 Å². The first kappa shape index (κ1) is 24.2. The Morgan fingerprint density at radius 2 is 1.67 bits per heavy atom. The van der Waals surface area contributed by atoms with Crippen molar-refractivity contribution in [3.63, 3.8) is 0 Å². The van der Waals surface area contributed by atoms with Crippen LogP contribution in [0.25, 0.3) is 11.0 Å². The van der Waals surface area contributed by atoms with Gasteiger partial charge in [0.15, 0.2) is 5.65 Å². The van der Waals surface area contributed by atoms with Crippen LogP contribution < -0.4 is 5.32 Å². The van der Waals surface area contributed by atoms with Crippen molar-refractivity contribution in [3.05, 3.63) is 72.2 Å². The average molecular weight is 519 g/mol. The average Bonchev–Trinajstić information content (AvgIpc) is 3.28. The molecular weight excluding hydrogens is 497 g/mol. The van der Waals surface area contributed by atoms with E-state index in [0.717, 1.165) is 5.56 Å². The van der Waals surface area contributed by atoms with Crippen LogP contribution in [0.5, 0.6) is 0 Å². The molecule has 1 saturated heterocycles. The van der Waals surface area contributed by atoms with Crippen molar-refractivity contribution in [1.29, 1.82) is 0 Å². The number of rotatable bonds is 6. The SMILES string of the molecule is O=S(=O)(c1ccc(Nc2nc(C(F)(F)F)nc3c2cnn3Cc2ccccc2)cc1)N1CCOCC1. The van der Waals surface area contributed by atoms with E-state index in [-0.39, 0.29) is 36.0 Å². The van der Waals surface area contributed by atoms with Crippen LogP contribution in [0.3, 0.4) is 0 Å². The number of fused-ring (bicyclic) bond motifs is 1. The Hall–Kier alpha value is -3.55. The summed E-state index contributed by atoms with van der Waals surface area (Å²) in [6, 6.07) is 14.9. The minimum absolute atomic E-state index is 0.0233. The maximum absolute atomic E-state index is 13.6. The molecule has 188 valence electrons. The van der Waals surface area contributed by atoms with E-state index < -0.39 is 22.0 Å². The summed E-state index contributed by atoms with van der Waals surface area (Å²) in [5.74, 6) is -1.39. The van der Waals surface area contributed by atoms with Crippen LogP contribution in [0.4, 0.5) is 24.7 Å². The van der Waals surface area contributed by atoms with Crippen LogP contribution in [-0.2, 0) is 27.5 Å². The molecule has 4 aromatic rings. The third-order valence-corrected chi connectivity index (χ3v) is 7.56. The molecule has 0 aliphatic carbocycles. The second kappa shape index (κ2) is 9.48. The second-order valence-corrected chi connectivity index (χ2v) is 10.0. The summed E-state index contributed by atoms with van der Waals surface area (Å²) in [5, 5.41) is 7.38. The molecule has 1 N–H and O–H groups in total. The van der Waals surface area contributed by atoms with Crippen LogP contribution in [0, 0.1) is 0 Å². The van der Waals surface area contributed by atoms with Crippen molar-refractivity contribution >= 4 is 32.6 Å². The molecule has 0 saturated carbocycles. The maximum Gasteiger partial charge on any atom is 0.451 e. The maximum atomic E-state index is 13.6. The van der Waals surface area contributed by atoms with Gasteiger partial charge in [-0.15, -0.1) is 0 Å². The van der Waals surface area contributed by atoms with Crippen molar-refractivity contribution < 1.29 is 26.3 Å². The number of nitrogens with one attached hydrogen (secondary N) is 1. The molecule has 0 atom stereocenters. The lowest BCUT2D eigenvalue weighted by Crippen LogP contribution is -2.40. The Kier molecular flexibility index (Phi) is 6.36. The molecule has 1 fully saturated rings. The smallest absolute Gasteiger partial charge is 0.379 e. The highest BCUT2D eigenvalue weighted by Crippen LogP contribution is 2.32. The molecule has 0 radical (unpaired) electrons. The minimum Gasteiger partial charge on any atom is -0.379 e. The van der Waals surface area contributed by atoms with Gasteiger partial charge in [0.1, 0.15) is 5.82 Å². The summed E-state index contributed by atoms with van der Waals surface area (Å²) in [6.45, 7) is 1.39. The van der Waals surface area contributed by atoms with Gasteiger partial charge in [0.25, 0.3) is 0 Å². The van der Waals surface area contributed by atoms with E-state index in [0.29, 0.717) is 24.3 Å². The van der Waals surface area contributed by atoms with Gasteiger partial charge in [-0.05, 0) is 29.8 Å². The Morgan fingerprint density at radius 3 is 2.33 bits per heavy atom. The Bertz CT molecular complexity index is 1470. The monoisotopic (exact) mass is 518 g/mol. The molecule has 0 bridgehead atoms. The minimum atomic E-state index is -4.78. The molecule has 1 aliphatic rings. The lowest BCUT2D eigenvalue weighted by molar-refractivity contribution is -0.144. The summed E-state index contributed by atoms with van der Waals surface area (Å²) in [4.78, 5) is 7.50. The highest BCUT2D eigenvalue weighted by molar-refractivity contribution is 7.89. The number of ether oxygens (including phenoxy) is 1. The number of hydrogen-bond acceptors (Lipinski definition) is 7. The Labute approximate surface area is 204 Å². The van der Waals surface area contributed by atoms with Gasteiger partial charge in [-0.25, -0.2) is 23.1 Å². The normalized spacial score (nSPS) is 15.3. The lowest BCUT2D eigenvalue weighted by Gasteiger charge is -2.26. The number of morpholine rings is 1. The topological polar surface area (TPSA) is 102 Å². The summed E-state index contributed by atoms with van der Waals surface area (Å²) < 4.78 is 74.4. The van der Waals surface area contributed by atoms with Crippen molar-refractivity contribution in [3.8, 4) is 0 Å². The van der Waals surface area contributed by atoms with Gasteiger partial charge in [-0.3, -0.25) is 0 Å². The first-order valence-electron chi connectivity index (χ1n) is 11.0. The molecule has 2 aromatic carbocycles. The van der Waals surface area contributed by atoms with Gasteiger partial charge in [-0.1, -0.05) is 30.3 Å². The van der Waals surface area contributed by atoms with Gasteiger partial charge in [0.2, 0.25) is 15.8 Å². The zero-order chi connectivity index (χ0) is 25.3. The summed E-state index contributed by atoms with van der Waals surface area (Å²) in [6.07, 6.45) is -3.37. The zero-order valence-corrected chi connectivity index (χ0v) is 19.6. The summed E-state index contributed by atoms with van der Waals surface area (Å²) >= 11 is 0. The third-order valence-electron chi connectivity index (χ3n) is 5.65. The third kappa shape index (κ3) is 4.90. The fourth-order valence-electron chi connectivity index (χ4n) is 3.83. The highest BCUT2D eigenvalue weighted by atomic mass is 32.2. The molecule has 2 aromatic heterocycles. The predicted molar refractivity (Wildman–Crippen MR) is 125 cm³/mol. The van der Waals surface area contributed by atoms with Gasteiger partial charge >= 0.3 is 6.18 Å². The Morgan fingerprint density at radius 1 is 0.972 bits per heavy atom. The molecule has 0 unspecified atom stereocenters. The number of sulfonamides is 1. The van der Waals surface area contributed by atoms with E-state index >= 15 is 0 Å². The number of benzene rings is 2. The predicted octanol–water partition coefficient (Wildman–Crippen LogP) is 3.66. The van der Waals surface area contributed by atoms with Crippen molar-refractivity contribution in [2.45, 2.75) is 17.6 Å². The van der Waals surface area contributed by atoms with E-state index in [1.807, 2.05) is 30.3 Å². The van der Waals surface area contributed by atoms with Crippen molar-refractivity contribution in [1.82, 2.24) is 24.1 Å². The molecule has 5 rings (SSSR count). The first-order valence-corrected chi connectivity index (χ1v) is 12.5. The molecule has 0 amide bonds. The fourth-order valence-corrected chi connectivity index (χ4v) is 5.24. The van der Waals surface area contributed by atoms with E-state index in [1.54, 1.807) is 0 Å². The molecule has 13 heteroatoms. The molecule has 0 spiro atoms. The molecule has 9 nitrogen and oxygen atoms in total. The van der Waals surface area contributed by atoms with Crippen molar-refractivity contribution in [2.75, 3.05) is 31.6 Å². The number of halogens is 3. The molecular formula is C23H21F3N6O3S. The number of hydrogen-bond donors (Lipinski definition) is 1. The number of alkyl halides is 3. The van der Waals surface area contributed by atoms with Crippen LogP contribution in [0.15, 0.2) is 65.7 Å². The first-order chi connectivity index (χ1) is 17.2. The quantitative estimate of drug-likeness (QED) is 0.416. The van der Waals surface area contributed by atoms with Gasteiger partial charge < -0.3 is 10.1 Å². The summed E-state index contributed by atoms with van der Waals surface area (Å²) in [7, 11) is -3.70. The lowest BCUT2D eigenvalue weighted by atomic mass is 10.2. The van der Waals surface area contributed by atoms with E-state index in [9.17, 15) is 21.6 Å². The van der Waals surface area contributed by atoms with Crippen molar-refractivity contribution in [2.24, 2.45) is 0 Å². The number of nitrogens with zero attached hydrogens (tertiary/aromatic N) is 5. The van der Waals surface area contributed by atoms with Crippen LogP contribution >= 0.6 is 0 Å². The Balaban J connectivity index is 1.47.